The van der Waals surface area contributed by atoms with Gasteiger partial charge in [-0.15, -0.1) is 0 Å². The van der Waals surface area contributed by atoms with Gasteiger partial charge in [-0.05, 0) is 82.8 Å². The number of aryl methyl sites for hydroxylation is 2. The molecule has 0 radical (unpaired) electrons. The molecule has 0 fully saturated rings. The lowest BCUT2D eigenvalue weighted by Crippen LogP contribution is -1.96. The van der Waals surface area contributed by atoms with Gasteiger partial charge in [0.15, 0.2) is 23.3 Å². The van der Waals surface area contributed by atoms with Crippen LogP contribution >= 0.6 is 0 Å². The summed E-state index contributed by atoms with van der Waals surface area (Å²) < 4.78 is 53.6. The summed E-state index contributed by atoms with van der Waals surface area (Å²) in [6.45, 7) is 11.3. The van der Waals surface area contributed by atoms with E-state index >= 15 is 0 Å². The van der Waals surface area contributed by atoms with Crippen molar-refractivity contribution in [2.75, 3.05) is 0 Å². The first-order valence-electron chi connectivity index (χ1n) is 11.1. The fraction of sp³-hybridized carbons (Fsp3) is 0.214. The van der Waals surface area contributed by atoms with E-state index in [1.165, 1.54) is 36.4 Å². The maximum Gasteiger partial charge on any atom is 0.166 e. The van der Waals surface area contributed by atoms with Crippen molar-refractivity contribution in [3.05, 3.63) is 89.0 Å². The van der Waals surface area contributed by atoms with Crippen LogP contribution in [0.1, 0.15) is 44.4 Å². The number of phenols is 2. The molecule has 0 saturated heterocycles. The largest absolute Gasteiger partial charge is 0.508 e. The highest BCUT2D eigenvalue weighted by atomic mass is 19.2. The van der Waals surface area contributed by atoms with Gasteiger partial charge in [-0.25, -0.2) is 17.6 Å². The Morgan fingerprint density at radius 1 is 0.706 bits per heavy atom. The third kappa shape index (κ3) is 5.33. The topological polar surface area (TPSA) is 40.5 Å². The fourth-order valence-corrected chi connectivity index (χ4v) is 3.75. The van der Waals surface area contributed by atoms with Crippen molar-refractivity contribution in [3.63, 3.8) is 0 Å². The Hall–Kier alpha value is -3.54. The summed E-state index contributed by atoms with van der Waals surface area (Å²) in [6, 6.07) is 9.37. The number of benzene rings is 4. The first kappa shape index (κ1) is 26.7. The summed E-state index contributed by atoms with van der Waals surface area (Å²) in [5.41, 5.74) is 2.12. The SMILES string of the molecule is C=Cc1cc(F)c(F)c2cc(O)ccc12.CC.CCc1cc(O)cc2c(F)c(F)cc(CC)c12. The third-order valence-corrected chi connectivity index (χ3v) is 5.30. The molecule has 2 N–H and O–H groups in total. The van der Waals surface area contributed by atoms with Crippen LogP contribution in [0.25, 0.3) is 27.6 Å². The van der Waals surface area contributed by atoms with Gasteiger partial charge in [0, 0.05) is 10.8 Å². The molecule has 0 aliphatic rings. The first-order valence-corrected chi connectivity index (χ1v) is 11.1. The second kappa shape index (κ2) is 11.5. The van der Waals surface area contributed by atoms with E-state index in [2.05, 4.69) is 6.58 Å². The van der Waals surface area contributed by atoms with E-state index in [4.69, 9.17) is 0 Å². The molecule has 0 bridgehead atoms. The van der Waals surface area contributed by atoms with Gasteiger partial charge in [0.05, 0.1) is 0 Å². The van der Waals surface area contributed by atoms with Gasteiger partial charge in [0.2, 0.25) is 0 Å². The average Bonchev–Trinajstić information content (AvgIpc) is 2.84. The Morgan fingerprint density at radius 2 is 1.24 bits per heavy atom. The highest BCUT2D eigenvalue weighted by molar-refractivity contribution is 5.92. The van der Waals surface area contributed by atoms with Crippen LogP contribution in [-0.4, -0.2) is 10.2 Å². The summed E-state index contributed by atoms with van der Waals surface area (Å²) in [5, 5.41) is 20.2. The van der Waals surface area contributed by atoms with Crippen LogP contribution in [0.3, 0.4) is 0 Å². The van der Waals surface area contributed by atoms with Crippen molar-refractivity contribution in [3.8, 4) is 11.5 Å². The third-order valence-electron chi connectivity index (χ3n) is 5.30. The van der Waals surface area contributed by atoms with Crippen LogP contribution in [0.4, 0.5) is 17.6 Å². The quantitative estimate of drug-likeness (QED) is 0.294. The molecule has 34 heavy (non-hydrogen) atoms. The van der Waals surface area contributed by atoms with Crippen molar-refractivity contribution in [1.29, 1.82) is 0 Å². The molecule has 180 valence electrons. The summed E-state index contributed by atoms with van der Waals surface area (Å²) >= 11 is 0. The predicted octanol–water partition coefficient (Wildman–Crippen LogP) is 8.44. The number of rotatable bonds is 3. The van der Waals surface area contributed by atoms with Crippen LogP contribution in [0.2, 0.25) is 0 Å². The first-order chi connectivity index (χ1) is 16.2. The van der Waals surface area contributed by atoms with Crippen LogP contribution in [0.5, 0.6) is 11.5 Å². The van der Waals surface area contributed by atoms with Gasteiger partial charge in [-0.3, -0.25) is 0 Å². The number of aromatic hydroxyl groups is 2. The van der Waals surface area contributed by atoms with Crippen LogP contribution in [0, 0.1) is 23.3 Å². The molecule has 4 aromatic carbocycles. The molecule has 0 aromatic heterocycles. The maximum atomic E-state index is 13.7. The predicted molar refractivity (Wildman–Crippen MR) is 131 cm³/mol. The van der Waals surface area contributed by atoms with E-state index in [1.807, 2.05) is 27.7 Å². The molecule has 4 rings (SSSR count). The monoisotopic (exact) mass is 472 g/mol. The molecule has 0 heterocycles. The molecular formula is C28H28F4O2. The molecule has 0 amide bonds. The smallest absolute Gasteiger partial charge is 0.166 e. The Balaban J connectivity index is 0.000000225. The summed E-state index contributed by atoms with van der Waals surface area (Å²) in [7, 11) is 0. The summed E-state index contributed by atoms with van der Waals surface area (Å²) in [4.78, 5) is 0. The standard InChI is InChI=1S/C14H14F2O.C12H8F2O.C2H6/c1-3-8-5-10(17)7-11-13(8)9(4-2)6-12(15)14(11)16;1-2-7-5-11(13)12(14)10-6-8(15)3-4-9(7)10;1-2/h5-7,17H,3-4H2,1-2H3;2-6,15H,1H2;1-2H3. The Labute approximate surface area is 196 Å². The van der Waals surface area contributed by atoms with Gasteiger partial charge in [-0.2, -0.15) is 0 Å². The lowest BCUT2D eigenvalue weighted by Gasteiger charge is -2.11. The van der Waals surface area contributed by atoms with Gasteiger partial charge in [0.1, 0.15) is 11.5 Å². The van der Waals surface area contributed by atoms with E-state index < -0.39 is 23.3 Å². The molecule has 0 atom stereocenters. The van der Waals surface area contributed by atoms with Crippen LogP contribution in [-0.2, 0) is 12.8 Å². The minimum atomic E-state index is -0.952. The number of halogens is 4. The molecule has 0 spiro atoms. The molecule has 2 nitrogen and oxygen atoms in total. The minimum Gasteiger partial charge on any atom is -0.508 e. The van der Waals surface area contributed by atoms with Gasteiger partial charge in [0.25, 0.3) is 0 Å². The molecule has 0 saturated carbocycles. The zero-order valence-electron chi connectivity index (χ0n) is 19.6. The lowest BCUT2D eigenvalue weighted by atomic mass is 9.95. The minimum absolute atomic E-state index is 0.0269. The number of hydrogen-bond donors (Lipinski definition) is 2. The van der Waals surface area contributed by atoms with Crippen LogP contribution < -0.4 is 0 Å². The zero-order valence-corrected chi connectivity index (χ0v) is 19.6. The van der Waals surface area contributed by atoms with Crippen molar-refractivity contribution in [2.24, 2.45) is 0 Å². The summed E-state index contributed by atoms with van der Waals surface area (Å²) in [6.07, 6.45) is 2.75. The second-order valence-corrected chi connectivity index (χ2v) is 7.26. The molecule has 0 unspecified atom stereocenters. The van der Waals surface area contributed by atoms with Crippen molar-refractivity contribution >= 4 is 27.6 Å². The summed E-state index contributed by atoms with van der Waals surface area (Å²) in [5.74, 6) is -3.76. The molecular weight excluding hydrogens is 444 g/mol. The second-order valence-electron chi connectivity index (χ2n) is 7.26. The Kier molecular flexibility index (Phi) is 9.07. The maximum absolute atomic E-state index is 13.7. The van der Waals surface area contributed by atoms with E-state index in [0.717, 1.165) is 22.6 Å². The Morgan fingerprint density at radius 3 is 1.82 bits per heavy atom. The van der Waals surface area contributed by atoms with Crippen LogP contribution in [0.15, 0.2) is 49.0 Å². The zero-order chi connectivity index (χ0) is 25.6. The molecule has 4 aromatic rings. The normalized spacial score (nSPS) is 10.4. The highest BCUT2D eigenvalue weighted by Crippen LogP contribution is 2.32. The highest BCUT2D eigenvalue weighted by Gasteiger charge is 2.15. The molecule has 6 heteroatoms. The fourth-order valence-electron chi connectivity index (χ4n) is 3.75. The van der Waals surface area contributed by atoms with Gasteiger partial charge in [-0.1, -0.05) is 40.3 Å². The van der Waals surface area contributed by atoms with Crippen molar-refractivity contribution in [2.45, 2.75) is 40.5 Å². The van der Waals surface area contributed by atoms with Gasteiger partial charge >= 0.3 is 0 Å². The van der Waals surface area contributed by atoms with Gasteiger partial charge < -0.3 is 10.2 Å². The number of phenolic OH excluding ortho intramolecular Hbond substituents is 2. The van der Waals surface area contributed by atoms with E-state index in [0.29, 0.717) is 23.8 Å². The molecule has 0 aliphatic heterocycles. The average molecular weight is 473 g/mol. The lowest BCUT2D eigenvalue weighted by molar-refractivity contribution is 0.474. The Bertz CT molecular complexity index is 1320. The number of hydrogen-bond acceptors (Lipinski definition) is 2. The van der Waals surface area contributed by atoms with E-state index in [-0.39, 0.29) is 22.3 Å². The number of fused-ring (bicyclic) bond motifs is 2. The van der Waals surface area contributed by atoms with E-state index in [1.54, 1.807) is 6.07 Å². The molecule has 0 aliphatic carbocycles. The van der Waals surface area contributed by atoms with Crippen molar-refractivity contribution in [1.82, 2.24) is 0 Å². The van der Waals surface area contributed by atoms with Crippen molar-refractivity contribution < 1.29 is 27.8 Å². The van der Waals surface area contributed by atoms with E-state index in [9.17, 15) is 27.8 Å².